The predicted octanol–water partition coefficient (Wildman–Crippen LogP) is 4.26. The number of halogens is 1. The molecule has 2 aromatic carbocycles. The van der Waals surface area contributed by atoms with Crippen molar-refractivity contribution in [3.8, 4) is 0 Å². The summed E-state index contributed by atoms with van der Waals surface area (Å²) in [5.74, 6) is 0.691. The minimum atomic E-state index is -0.207. The molecule has 0 radical (unpaired) electrons. The number of hydrogen-bond donors (Lipinski definition) is 3. The minimum Gasteiger partial charge on any atom is -0.350 e. The largest absolute Gasteiger partial charge is 0.350 e. The number of rotatable bonds is 9. The number of likely N-dealkylation sites (N-methyl/N-ethyl adjacent to an activating group) is 1. The van der Waals surface area contributed by atoms with Crippen LogP contribution >= 0.6 is 11.6 Å². The summed E-state index contributed by atoms with van der Waals surface area (Å²) in [6, 6.07) is 16.6. The van der Waals surface area contributed by atoms with E-state index in [0.29, 0.717) is 47.7 Å². The number of likely N-dealkylation sites (tertiary alicyclic amines) is 1. The molecule has 9 nitrogen and oxygen atoms in total. The average molecular weight is 520 g/mol. The van der Waals surface area contributed by atoms with E-state index < -0.39 is 0 Å². The highest BCUT2D eigenvalue weighted by Crippen LogP contribution is 2.25. The van der Waals surface area contributed by atoms with Crippen LogP contribution in [0, 0.1) is 0 Å². The van der Waals surface area contributed by atoms with E-state index in [2.05, 4.69) is 25.9 Å². The van der Waals surface area contributed by atoms with Crippen molar-refractivity contribution in [3.63, 3.8) is 0 Å². The van der Waals surface area contributed by atoms with Crippen molar-refractivity contribution in [2.45, 2.75) is 12.5 Å². The molecule has 4 rings (SSSR count). The van der Waals surface area contributed by atoms with Gasteiger partial charge in [-0.25, -0.2) is 4.98 Å². The molecule has 1 atom stereocenters. The third-order valence-corrected chi connectivity index (χ3v) is 6.01. The molecular formula is C27H30ClN7O2. The van der Waals surface area contributed by atoms with Crippen molar-refractivity contribution in [3.05, 3.63) is 83.5 Å². The van der Waals surface area contributed by atoms with Crippen molar-refractivity contribution in [1.82, 2.24) is 19.8 Å². The second-order valence-corrected chi connectivity index (χ2v) is 9.40. The molecule has 0 aliphatic carbocycles. The third-order valence-electron chi connectivity index (χ3n) is 5.73. The van der Waals surface area contributed by atoms with Gasteiger partial charge in [-0.15, -0.1) is 0 Å². The van der Waals surface area contributed by atoms with Crippen LogP contribution < -0.4 is 16.0 Å². The number of nitrogens with one attached hydrogen (secondary N) is 3. The van der Waals surface area contributed by atoms with Crippen molar-refractivity contribution in [1.29, 1.82) is 0 Å². The van der Waals surface area contributed by atoms with Crippen LogP contribution in [0.15, 0.2) is 72.9 Å². The van der Waals surface area contributed by atoms with Crippen LogP contribution in [0.3, 0.4) is 0 Å². The first kappa shape index (κ1) is 26.1. The Balaban J connectivity index is 1.31. The summed E-state index contributed by atoms with van der Waals surface area (Å²) >= 11 is 6.27. The molecule has 0 unspecified atom stereocenters. The Morgan fingerprint density at radius 3 is 2.59 bits per heavy atom. The normalized spacial score (nSPS) is 15.2. The zero-order chi connectivity index (χ0) is 26.2. The van der Waals surface area contributed by atoms with E-state index in [1.54, 1.807) is 41.4 Å². The molecule has 10 heteroatoms. The summed E-state index contributed by atoms with van der Waals surface area (Å²) in [5.41, 5.74) is 2.08. The highest BCUT2D eigenvalue weighted by Gasteiger charge is 2.27. The smallest absolute Gasteiger partial charge is 0.253 e. The molecule has 1 aliphatic heterocycles. The number of carbonyl (C=O) groups excluding carboxylic acids is 2. The highest BCUT2D eigenvalue weighted by molar-refractivity contribution is 6.32. The van der Waals surface area contributed by atoms with Gasteiger partial charge in [0.15, 0.2) is 5.82 Å². The lowest BCUT2D eigenvalue weighted by atomic mass is 10.2. The van der Waals surface area contributed by atoms with Gasteiger partial charge < -0.3 is 25.8 Å². The van der Waals surface area contributed by atoms with Crippen LogP contribution in [0.2, 0.25) is 5.02 Å². The van der Waals surface area contributed by atoms with E-state index in [4.69, 9.17) is 11.6 Å². The molecule has 1 aliphatic rings. The molecule has 3 N–H and O–H groups in total. The lowest BCUT2D eigenvalue weighted by Gasteiger charge is -2.18. The second-order valence-electron chi connectivity index (χ2n) is 8.99. The van der Waals surface area contributed by atoms with Crippen LogP contribution in [0.5, 0.6) is 0 Å². The summed E-state index contributed by atoms with van der Waals surface area (Å²) in [4.78, 5) is 37.6. The number of nitrogens with zero attached hydrogens (tertiary/aromatic N) is 4. The summed E-state index contributed by atoms with van der Waals surface area (Å²) in [6.45, 7) is 1.83. The van der Waals surface area contributed by atoms with Gasteiger partial charge in [-0.1, -0.05) is 35.9 Å². The number of benzene rings is 2. The SMILES string of the molecule is CN(C)C/C=C/C(=O)Nc1ccc(C(=O)N2CC[C@@H](Nc3ncc(Cl)c(Nc4ccccc4)n3)C2)cc1. The summed E-state index contributed by atoms with van der Waals surface area (Å²) in [5, 5.41) is 9.73. The molecule has 1 fully saturated rings. The van der Waals surface area contributed by atoms with Crippen LogP contribution in [-0.4, -0.2) is 71.4 Å². The van der Waals surface area contributed by atoms with E-state index in [1.807, 2.05) is 49.3 Å². The summed E-state index contributed by atoms with van der Waals surface area (Å²) in [7, 11) is 3.87. The number of amides is 2. The highest BCUT2D eigenvalue weighted by atomic mass is 35.5. The molecule has 1 saturated heterocycles. The zero-order valence-electron chi connectivity index (χ0n) is 20.8. The van der Waals surface area contributed by atoms with Gasteiger partial charge in [-0.2, -0.15) is 4.98 Å². The Morgan fingerprint density at radius 2 is 1.86 bits per heavy atom. The fraction of sp³-hybridized carbons (Fsp3) is 0.259. The fourth-order valence-corrected chi connectivity index (χ4v) is 4.00. The Bertz CT molecular complexity index is 1250. The van der Waals surface area contributed by atoms with Crippen LogP contribution in [-0.2, 0) is 4.79 Å². The molecule has 192 valence electrons. The van der Waals surface area contributed by atoms with Crippen LogP contribution in [0.4, 0.5) is 23.1 Å². The van der Waals surface area contributed by atoms with Gasteiger partial charge >= 0.3 is 0 Å². The van der Waals surface area contributed by atoms with Gasteiger partial charge in [0, 0.05) is 48.7 Å². The molecule has 2 amide bonds. The van der Waals surface area contributed by atoms with Gasteiger partial charge in [0.05, 0.1) is 6.20 Å². The summed E-state index contributed by atoms with van der Waals surface area (Å²) in [6.07, 6.45) is 5.62. The van der Waals surface area contributed by atoms with E-state index in [-0.39, 0.29) is 17.9 Å². The maximum atomic E-state index is 13.0. The number of aromatic nitrogens is 2. The molecule has 0 spiro atoms. The standard InChI is InChI=1S/C27H30ClN7O2/c1-34(2)15-6-9-24(36)30-21-12-10-19(11-13-21)26(37)35-16-14-22(18-35)32-27-29-17-23(28)25(33-27)31-20-7-4-3-5-8-20/h3-13,17,22H,14-16,18H2,1-2H3,(H,30,36)(H2,29,31,32,33)/b9-6+/t22-/m1/s1. The van der Waals surface area contributed by atoms with Gasteiger partial charge in [-0.05, 0) is 56.9 Å². The average Bonchev–Trinajstić information content (AvgIpc) is 3.35. The molecule has 2 heterocycles. The van der Waals surface area contributed by atoms with Gasteiger partial charge in [-0.3, -0.25) is 9.59 Å². The van der Waals surface area contributed by atoms with Gasteiger partial charge in [0.2, 0.25) is 11.9 Å². The van der Waals surface area contributed by atoms with Crippen molar-refractivity contribution >= 4 is 46.6 Å². The lowest BCUT2D eigenvalue weighted by molar-refractivity contribution is -0.111. The Morgan fingerprint density at radius 1 is 1.11 bits per heavy atom. The Kier molecular flexibility index (Phi) is 8.71. The maximum Gasteiger partial charge on any atom is 0.253 e. The first-order chi connectivity index (χ1) is 17.9. The number of para-hydroxylation sites is 1. The number of anilines is 4. The second kappa shape index (κ2) is 12.3. The minimum absolute atomic E-state index is 0.0159. The van der Waals surface area contributed by atoms with Crippen LogP contribution in [0.25, 0.3) is 0 Å². The lowest BCUT2D eigenvalue weighted by Crippen LogP contribution is -2.31. The van der Waals surface area contributed by atoms with Crippen molar-refractivity contribution in [2.24, 2.45) is 0 Å². The molecular weight excluding hydrogens is 490 g/mol. The van der Waals surface area contributed by atoms with E-state index >= 15 is 0 Å². The Labute approximate surface area is 221 Å². The molecule has 0 bridgehead atoms. The maximum absolute atomic E-state index is 13.0. The number of carbonyl (C=O) groups is 2. The van der Waals surface area contributed by atoms with Crippen LogP contribution in [0.1, 0.15) is 16.8 Å². The van der Waals surface area contributed by atoms with E-state index in [1.165, 1.54) is 6.08 Å². The third kappa shape index (κ3) is 7.52. The van der Waals surface area contributed by atoms with E-state index in [9.17, 15) is 9.59 Å². The Hall–Kier alpha value is -3.95. The molecule has 0 saturated carbocycles. The quantitative estimate of drug-likeness (QED) is 0.363. The number of hydrogen-bond acceptors (Lipinski definition) is 7. The topological polar surface area (TPSA) is 102 Å². The monoisotopic (exact) mass is 519 g/mol. The first-order valence-corrected chi connectivity index (χ1v) is 12.4. The first-order valence-electron chi connectivity index (χ1n) is 12.0. The molecule has 37 heavy (non-hydrogen) atoms. The van der Waals surface area contributed by atoms with Crippen molar-refractivity contribution < 1.29 is 9.59 Å². The van der Waals surface area contributed by atoms with Crippen molar-refractivity contribution in [2.75, 3.05) is 49.7 Å². The predicted molar refractivity (Wildman–Crippen MR) is 147 cm³/mol. The van der Waals surface area contributed by atoms with Gasteiger partial charge in [0.25, 0.3) is 5.91 Å². The van der Waals surface area contributed by atoms with E-state index in [0.717, 1.165) is 12.1 Å². The fourth-order valence-electron chi connectivity index (χ4n) is 3.86. The molecule has 1 aromatic heterocycles. The summed E-state index contributed by atoms with van der Waals surface area (Å²) < 4.78 is 0. The zero-order valence-corrected chi connectivity index (χ0v) is 21.6. The molecule has 3 aromatic rings. The van der Waals surface area contributed by atoms with Gasteiger partial charge in [0.1, 0.15) is 5.02 Å².